The van der Waals surface area contributed by atoms with Crippen molar-refractivity contribution in [2.24, 2.45) is 17.8 Å². The maximum Gasteiger partial charge on any atom is 0.123 e. The first-order valence-corrected chi connectivity index (χ1v) is 6.63. The van der Waals surface area contributed by atoms with Gasteiger partial charge in [-0.15, -0.1) is 0 Å². The highest BCUT2D eigenvalue weighted by Gasteiger charge is 2.48. The van der Waals surface area contributed by atoms with Crippen LogP contribution in [0.3, 0.4) is 0 Å². The fourth-order valence-electron chi connectivity index (χ4n) is 3.60. The predicted octanol–water partition coefficient (Wildman–Crippen LogP) is 3.00. The lowest BCUT2D eigenvalue weighted by atomic mass is 9.89. The number of hydrogen-bond acceptors (Lipinski definition) is 2. The van der Waals surface area contributed by atoms with Crippen LogP contribution in [0.2, 0.25) is 0 Å². The topological polar surface area (TPSA) is 21.3 Å². The number of methoxy groups -OCH3 is 1. The summed E-state index contributed by atoms with van der Waals surface area (Å²) in [4.78, 5) is 0. The Labute approximate surface area is 103 Å². The minimum absolute atomic E-state index is 0.457. The number of fused-ring (bicyclic) bond motifs is 1. The van der Waals surface area contributed by atoms with Crippen LogP contribution in [-0.2, 0) is 0 Å². The van der Waals surface area contributed by atoms with E-state index in [2.05, 4.69) is 30.6 Å². The number of benzene rings is 1. The summed E-state index contributed by atoms with van der Waals surface area (Å²) >= 11 is 0. The Kier molecular flexibility index (Phi) is 2.83. The average Bonchev–Trinajstić information content (AvgIpc) is 2.98. The first-order chi connectivity index (χ1) is 8.33. The van der Waals surface area contributed by atoms with Crippen LogP contribution in [0.15, 0.2) is 24.3 Å². The van der Waals surface area contributed by atoms with Gasteiger partial charge in [-0.1, -0.05) is 18.2 Å². The summed E-state index contributed by atoms with van der Waals surface area (Å²) in [7, 11) is 3.83. The predicted molar refractivity (Wildman–Crippen MR) is 69.1 cm³/mol. The third-order valence-electron chi connectivity index (χ3n) is 4.54. The molecule has 0 bridgehead atoms. The summed E-state index contributed by atoms with van der Waals surface area (Å²) < 4.78 is 5.49. The summed E-state index contributed by atoms with van der Waals surface area (Å²) in [5.41, 5.74) is 1.32. The molecule has 1 aromatic carbocycles. The van der Waals surface area contributed by atoms with Crippen molar-refractivity contribution in [1.29, 1.82) is 0 Å². The number of hydrogen-bond donors (Lipinski definition) is 1. The van der Waals surface area contributed by atoms with Gasteiger partial charge in [0.2, 0.25) is 0 Å². The minimum Gasteiger partial charge on any atom is -0.496 e. The summed E-state index contributed by atoms with van der Waals surface area (Å²) in [6.45, 7) is 0. The lowest BCUT2D eigenvalue weighted by molar-refractivity contribution is 0.340. The van der Waals surface area contributed by atoms with Crippen molar-refractivity contribution in [3.63, 3.8) is 0 Å². The molecule has 2 fully saturated rings. The Bertz CT molecular complexity index is 394. The van der Waals surface area contributed by atoms with E-state index in [9.17, 15) is 0 Å². The van der Waals surface area contributed by atoms with Crippen LogP contribution < -0.4 is 10.1 Å². The summed E-state index contributed by atoms with van der Waals surface area (Å²) in [6.07, 6.45) is 4.28. The third kappa shape index (κ3) is 1.95. The molecular weight excluding hydrogens is 210 g/mol. The first kappa shape index (κ1) is 11.1. The number of para-hydroxylation sites is 1. The summed E-state index contributed by atoms with van der Waals surface area (Å²) in [5, 5.41) is 3.50. The fraction of sp³-hybridized carbons (Fsp3) is 0.600. The second-order valence-electron chi connectivity index (χ2n) is 5.50. The van der Waals surface area contributed by atoms with Crippen LogP contribution in [0.5, 0.6) is 5.75 Å². The molecule has 2 heteroatoms. The van der Waals surface area contributed by atoms with Gasteiger partial charge in [0, 0.05) is 11.6 Å². The molecule has 2 nitrogen and oxygen atoms in total. The van der Waals surface area contributed by atoms with Gasteiger partial charge in [0.15, 0.2) is 0 Å². The zero-order valence-electron chi connectivity index (χ0n) is 10.6. The molecule has 1 aromatic rings. The molecule has 17 heavy (non-hydrogen) atoms. The van der Waals surface area contributed by atoms with Gasteiger partial charge in [0.25, 0.3) is 0 Å². The molecular formula is C15H21NO. The number of nitrogens with one attached hydrogen (secondary N) is 1. The van der Waals surface area contributed by atoms with Crippen molar-refractivity contribution in [2.75, 3.05) is 14.2 Å². The molecule has 0 aliphatic heterocycles. The Hall–Kier alpha value is -1.02. The molecule has 3 atom stereocenters. The lowest BCUT2D eigenvalue weighted by Gasteiger charge is -2.26. The van der Waals surface area contributed by atoms with E-state index < -0.39 is 0 Å². The standard InChI is InChI=1S/C15H21NO/c1-16-15(12-8-10-7-11(10)9-12)13-5-3-4-6-14(13)17-2/h3-6,10-12,15-16H,7-9H2,1-2H3. The van der Waals surface area contributed by atoms with Crippen molar-refractivity contribution in [2.45, 2.75) is 25.3 Å². The third-order valence-corrected chi connectivity index (χ3v) is 4.54. The van der Waals surface area contributed by atoms with Crippen molar-refractivity contribution < 1.29 is 4.74 Å². The van der Waals surface area contributed by atoms with E-state index in [1.807, 2.05) is 6.07 Å². The molecule has 3 rings (SSSR count). The molecule has 3 unspecified atom stereocenters. The largest absolute Gasteiger partial charge is 0.496 e. The molecule has 0 radical (unpaired) electrons. The number of rotatable bonds is 4. The molecule has 2 saturated carbocycles. The van der Waals surface area contributed by atoms with Crippen LogP contribution >= 0.6 is 0 Å². The van der Waals surface area contributed by atoms with Gasteiger partial charge in [-0.05, 0) is 50.1 Å². The smallest absolute Gasteiger partial charge is 0.123 e. The molecule has 2 aliphatic carbocycles. The van der Waals surface area contributed by atoms with E-state index in [4.69, 9.17) is 4.74 Å². The molecule has 0 saturated heterocycles. The Morgan fingerprint density at radius 3 is 2.53 bits per heavy atom. The molecule has 0 heterocycles. The molecule has 0 aromatic heterocycles. The van der Waals surface area contributed by atoms with Gasteiger partial charge in [-0.2, -0.15) is 0 Å². The highest BCUT2D eigenvalue weighted by Crippen LogP contribution is 2.57. The van der Waals surface area contributed by atoms with Gasteiger partial charge in [0.05, 0.1) is 7.11 Å². The maximum absolute atomic E-state index is 5.49. The van der Waals surface area contributed by atoms with Gasteiger partial charge in [-0.25, -0.2) is 0 Å². The van der Waals surface area contributed by atoms with Crippen molar-refractivity contribution in [3.8, 4) is 5.75 Å². The van der Waals surface area contributed by atoms with Crippen molar-refractivity contribution in [1.82, 2.24) is 5.32 Å². The quantitative estimate of drug-likeness (QED) is 0.860. The lowest BCUT2D eigenvalue weighted by Crippen LogP contribution is -2.25. The van der Waals surface area contributed by atoms with Gasteiger partial charge < -0.3 is 10.1 Å². The van der Waals surface area contributed by atoms with E-state index in [1.165, 1.54) is 24.8 Å². The maximum atomic E-state index is 5.49. The monoisotopic (exact) mass is 231 g/mol. The zero-order chi connectivity index (χ0) is 11.8. The Balaban J connectivity index is 1.83. The van der Waals surface area contributed by atoms with Gasteiger partial charge in [-0.3, -0.25) is 0 Å². The second kappa shape index (κ2) is 4.34. The van der Waals surface area contributed by atoms with Crippen LogP contribution in [0.1, 0.15) is 30.9 Å². The van der Waals surface area contributed by atoms with Crippen LogP contribution in [0, 0.1) is 17.8 Å². The first-order valence-electron chi connectivity index (χ1n) is 6.63. The molecule has 1 N–H and O–H groups in total. The van der Waals surface area contributed by atoms with Crippen molar-refractivity contribution >= 4 is 0 Å². The fourth-order valence-corrected chi connectivity index (χ4v) is 3.60. The van der Waals surface area contributed by atoms with Crippen LogP contribution in [0.25, 0.3) is 0 Å². The van der Waals surface area contributed by atoms with Crippen molar-refractivity contribution in [3.05, 3.63) is 29.8 Å². The van der Waals surface area contributed by atoms with Gasteiger partial charge in [0.1, 0.15) is 5.75 Å². The highest BCUT2D eigenvalue weighted by molar-refractivity contribution is 5.36. The zero-order valence-corrected chi connectivity index (χ0v) is 10.6. The van der Waals surface area contributed by atoms with Gasteiger partial charge >= 0.3 is 0 Å². The molecule has 92 valence electrons. The summed E-state index contributed by atoms with van der Waals surface area (Å²) in [6, 6.07) is 8.87. The average molecular weight is 231 g/mol. The number of ether oxygens (including phenoxy) is 1. The van der Waals surface area contributed by atoms with Crippen LogP contribution in [0.4, 0.5) is 0 Å². The van der Waals surface area contributed by atoms with E-state index >= 15 is 0 Å². The SMILES string of the molecule is CNC(c1ccccc1OC)C1CC2CC2C1. The van der Waals surface area contributed by atoms with E-state index in [-0.39, 0.29) is 0 Å². The van der Waals surface area contributed by atoms with E-state index in [1.54, 1.807) is 7.11 Å². The van der Waals surface area contributed by atoms with E-state index in [0.29, 0.717) is 6.04 Å². The summed E-state index contributed by atoms with van der Waals surface area (Å²) in [5.74, 6) is 3.88. The van der Waals surface area contributed by atoms with Crippen LogP contribution in [-0.4, -0.2) is 14.2 Å². The molecule has 0 spiro atoms. The molecule has 0 amide bonds. The van der Waals surface area contributed by atoms with E-state index in [0.717, 1.165) is 23.5 Å². The Morgan fingerprint density at radius 2 is 1.88 bits per heavy atom. The second-order valence-corrected chi connectivity index (χ2v) is 5.50. The normalized spacial score (nSPS) is 32.0. The Morgan fingerprint density at radius 1 is 1.18 bits per heavy atom. The minimum atomic E-state index is 0.457. The molecule has 2 aliphatic rings. The highest BCUT2D eigenvalue weighted by atomic mass is 16.5.